The largest absolute Gasteiger partial charge is 0.310 e. The molecule has 2 unspecified atom stereocenters. The van der Waals surface area contributed by atoms with E-state index in [1.165, 1.54) is 57.3 Å². The van der Waals surface area contributed by atoms with Crippen LogP contribution in [0.2, 0.25) is 0 Å². The van der Waals surface area contributed by atoms with E-state index in [1.54, 1.807) is 0 Å². The molecule has 0 aromatic heterocycles. The second-order valence-electron chi connectivity index (χ2n) is 6.67. The van der Waals surface area contributed by atoms with Crippen molar-refractivity contribution in [3.05, 3.63) is 35.9 Å². The van der Waals surface area contributed by atoms with Gasteiger partial charge >= 0.3 is 0 Å². The molecule has 1 aromatic rings. The zero-order chi connectivity index (χ0) is 13.8. The Hall–Kier alpha value is -0.860. The molecule has 3 rings (SSSR count). The van der Waals surface area contributed by atoms with E-state index in [0.29, 0.717) is 0 Å². The number of hydrogen-bond donors (Lipinski definition) is 1. The molecule has 110 valence electrons. The van der Waals surface area contributed by atoms with Crippen LogP contribution in [0.4, 0.5) is 0 Å². The molecule has 1 N–H and O–H groups in total. The van der Waals surface area contributed by atoms with Gasteiger partial charge in [0.15, 0.2) is 0 Å². The Morgan fingerprint density at radius 2 is 2.00 bits per heavy atom. The summed E-state index contributed by atoms with van der Waals surface area (Å²) in [6.07, 6.45) is 6.85. The summed E-state index contributed by atoms with van der Waals surface area (Å²) in [4.78, 5) is 2.62. The van der Waals surface area contributed by atoms with Crippen molar-refractivity contribution in [3.8, 4) is 0 Å². The third kappa shape index (κ3) is 3.62. The van der Waals surface area contributed by atoms with E-state index >= 15 is 0 Å². The Kier molecular flexibility index (Phi) is 4.74. The average Bonchev–Trinajstić information content (AvgIpc) is 2.83. The number of nitrogens with one attached hydrogen (secondary N) is 1. The summed E-state index contributed by atoms with van der Waals surface area (Å²) in [5, 5.41) is 3.87. The molecular weight excluding hydrogens is 244 g/mol. The SMILES string of the molecule is CC(NC1CCN(CCc2ccccc2)C1)C1CCC1. The summed E-state index contributed by atoms with van der Waals surface area (Å²) in [6.45, 7) is 6.10. The maximum absolute atomic E-state index is 3.87. The van der Waals surface area contributed by atoms with Crippen molar-refractivity contribution in [2.75, 3.05) is 19.6 Å². The average molecular weight is 272 g/mol. The molecule has 1 saturated carbocycles. The van der Waals surface area contributed by atoms with Crippen LogP contribution < -0.4 is 5.32 Å². The minimum atomic E-state index is 0.723. The van der Waals surface area contributed by atoms with Gasteiger partial charge in [-0.15, -0.1) is 0 Å². The van der Waals surface area contributed by atoms with Crippen molar-refractivity contribution >= 4 is 0 Å². The fourth-order valence-electron chi connectivity index (χ4n) is 3.55. The Morgan fingerprint density at radius 1 is 1.20 bits per heavy atom. The van der Waals surface area contributed by atoms with E-state index in [0.717, 1.165) is 18.0 Å². The molecule has 2 nitrogen and oxygen atoms in total. The van der Waals surface area contributed by atoms with Crippen LogP contribution in [-0.2, 0) is 6.42 Å². The maximum atomic E-state index is 3.87. The molecule has 1 heterocycles. The zero-order valence-corrected chi connectivity index (χ0v) is 12.7. The van der Waals surface area contributed by atoms with Crippen LogP contribution in [0.3, 0.4) is 0 Å². The van der Waals surface area contributed by atoms with Crippen LogP contribution in [0.5, 0.6) is 0 Å². The van der Waals surface area contributed by atoms with Gasteiger partial charge < -0.3 is 10.2 Å². The molecule has 2 atom stereocenters. The maximum Gasteiger partial charge on any atom is 0.0209 e. The molecule has 0 bridgehead atoms. The van der Waals surface area contributed by atoms with Crippen molar-refractivity contribution in [2.24, 2.45) is 5.92 Å². The highest BCUT2D eigenvalue weighted by molar-refractivity contribution is 5.14. The minimum absolute atomic E-state index is 0.723. The van der Waals surface area contributed by atoms with Gasteiger partial charge in [0, 0.05) is 25.2 Å². The molecule has 0 amide bonds. The van der Waals surface area contributed by atoms with E-state index in [2.05, 4.69) is 47.5 Å². The lowest BCUT2D eigenvalue weighted by Gasteiger charge is -2.34. The summed E-state index contributed by atoms with van der Waals surface area (Å²) in [5.74, 6) is 0.952. The molecule has 0 radical (unpaired) electrons. The normalized spacial score (nSPS) is 25.6. The van der Waals surface area contributed by atoms with Crippen LogP contribution in [-0.4, -0.2) is 36.6 Å². The summed E-state index contributed by atoms with van der Waals surface area (Å²) in [5.41, 5.74) is 1.46. The Labute approximate surface area is 123 Å². The highest BCUT2D eigenvalue weighted by Gasteiger charge is 2.28. The van der Waals surface area contributed by atoms with Crippen LogP contribution >= 0.6 is 0 Å². The predicted octanol–water partition coefficient (Wildman–Crippen LogP) is 3.08. The van der Waals surface area contributed by atoms with Crippen molar-refractivity contribution in [2.45, 2.75) is 51.1 Å². The van der Waals surface area contributed by atoms with Crippen molar-refractivity contribution in [1.82, 2.24) is 10.2 Å². The first-order chi connectivity index (χ1) is 9.81. The summed E-state index contributed by atoms with van der Waals surface area (Å²) >= 11 is 0. The topological polar surface area (TPSA) is 15.3 Å². The smallest absolute Gasteiger partial charge is 0.0209 e. The highest BCUT2D eigenvalue weighted by atomic mass is 15.2. The second-order valence-corrected chi connectivity index (χ2v) is 6.67. The van der Waals surface area contributed by atoms with Gasteiger partial charge in [-0.25, -0.2) is 0 Å². The quantitative estimate of drug-likeness (QED) is 0.856. The number of likely N-dealkylation sites (tertiary alicyclic amines) is 1. The van der Waals surface area contributed by atoms with Crippen molar-refractivity contribution in [3.63, 3.8) is 0 Å². The predicted molar refractivity (Wildman–Crippen MR) is 84.9 cm³/mol. The zero-order valence-electron chi connectivity index (χ0n) is 12.7. The third-order valence-electron chi connectivity index (χ3n) is 5.19. The van der Waals surface area contributed by atoms with Gasteiger partial charge in [0.2, 0.25) is 0 Å². The Balaban J connectivity index is 1.38. The molecule has 2 heteroatoms. The Bertz CT molecular complexity index is 399. The molecule has 1 aliphatic carbocycles. The van der Waals surface area contributed by atoms with Crippen LogP contribution in [0.15, 0.2) is 30.3 Å². The first kappa shape index (κ1) is 14.1. The standard InChI is InChI=1S/C18H28N2/c1-15(17-8-5-9-17)19-18-11-13-20(14-18)12-10-16-6-3-2-4-7-16/h2-4,6-7,15,17-19H,5,8-14H2,1H3. The molecule has 1 aromatic carbocycles. The van der Waals surface area contributed by atoms with Gasteiger partial charge in [0.05, 0.1) is 0 Å². The van der Waals surface area contributed by atoms with Gasteiger partial charge in [-0.3, -0.25) is 0 Å². The summed E-state index contributed by atoms with van der Waals surface area (Å²) in [7, 11) is 0. The van der Waals surface area contributed by atoms with Gasteiger partial charge in [-0.1, -0.05) is 36.8 Å². The molecule has 20 heavy (non-hydrogen) atoms. The minimum Gasteiger partial charge on any atom is -0.310 e. The number of nitrogens with zero attached hydrogens (tertiary/aromatic N) is 1. The first-order valence-electron chi connectivity index (χ1n) is 8.33. The van der Waals surface area contributed by atoms with Gasteiger partial charge in [0.25, 0.3) is 0 Å². The van der Waals surface area contributed by atoms with E-state index < -0.39 is 0 Å². The summed E-state index contributed by atoms with van der Waals surface area (Å²) < 4.78 is 0. The van der Waals surface area contributed by atoms with Crippen LogP contribution in [0.1, 0.15) is 38.2 Å². The Morgan fingerprint density at radius 3 is 2.70 bits per heavy atom. The fourth-order valence-corrected chi connectivity index (χ4v) is 3.55. The molecule has 2 fully saturated rings. The number of hydrogen-bond acceptors (Lipinski definition) is 2. The first-order valence-corrected chi connectivity index (χ1v) is 8.33. The number of benzene rings is 1. The molecular formula is C18H28N2. The lowest BCUT2D eigenvalue weighted by atomic mass is 9.80. The lowest BCUT2D eigenvalue weighted by Crippen LogP contribution is -2.44. The van der Waals surface area contributed by atoms with Crippen molar-refractivity contribution in [1.29, 1.82) is 0 Å². The monoisotopic (exact) mass is 272 g/mol. The molecule has 1 aliphatic heterocycles. The van der Waals surface area contributed by atoms with Crippen LogP contribution in [0, 0.1) is 5.92 Å². The van der Waals surface area contributed by atoms with Crippen LogP contribution in [0.25, 0.3) is 0 Å². The molecule has 1 saturated heterocycles. The molecule has 2 aliphatic rings. The second kappa shape index (κ2) is 6.73. The fraction of sp³-hybridized carbons (Fsp3) is 0.667. The van der Waals surface area contributed by atoms with E-state index in [9.17, 15) is 0 Å². The molecule has 0 spiro atoms. The van der Waals surface area contributed by atoms with Gasteiger partial charge in [-0.2, -0.15) is 0 Å². The van der Waals surface area contributed by atoms with Crippen molar-refractivity contribution < 1.29 is 0 Å². The highest BCUT2D eigenvalue weighted by Crippen LogP contribution is 2.29. The van der Waals surface area contributed by atoms with E-state index in [4.69, 9.17) is 0 Å². The lowest BCUT2D eigenvalue weighted by molar-refractivity contribution is 0.224. The van der Waals surface area contributed by atoms with E-state index in [1.807, 2.05) is 0 Å². The third-order valence-corrected chi connectivity index (χ3v) is 5.19. The van der Waals surface area contributed by atoms with Gasteiger partial charge in [-0.05, 0) is 50.6 Å². The van der Waals surface area contributed by atoms with Gasteiger partial charge in [0.1, 0.15) is 0 Å². The summed E-state index contributed by atoms with van der Waals surface area (Å²) in [6, 6.07) is 12.3. The van der Waals surface area contributed by atoms with E-state index in [-0.39, 0.29) is 0 Å². The number of rotatable bonds is 6.